The van der Waals surface area contributed by atoms with Crippen LogP contribution in [0.15, 0.2) is 18.2 Å². The second kappa shape index (κ2) is 7.29. The molecule has 0 radical (unpaired) electrons. The Balaban J connectivity index is 2.80. The van der Waals surface area contributed by atoms with Gasteiger partial charge in [-0.2, -0.15) is 13.1 Å². The zero-order valence-corrected chi connectivity index (χ0v) is 11.8. The van der Waals surface area contributed by atoms with Crippen molar-refractivity contribution in [3.8, 4) is 5.75 Å². The molecule has 4 N–H and O–H groups in total. The first kappa shape index (κ1) is 15.7. The van der Waals surface area contributed by atoms with E-state index >= 15 is 0 Å². The topological polar surface area (TPSA) is 103 Å². The molecule has 0 unspecified atom stereocenters. The van der Waals surface area contributed by atoms with Crippen LogP contribution in [0.1, 0.15) is 5.56 Å². The van der Waals surface area contributed by atoms with E-state index in [0.29, 0.717) is 24.6 Å². The summed E-state index contributed by atoms with van der Waals surface area (Å²) in [6.45, 7) is 0.842. The standard InChI is InChI=1S/C11H19N3O4S/c1-17-6-5-13-19(15,16)14-10-4-3-9(8-12)7-11(10)18-2/h3-4,7,13-14H,5-6,8,12H2,1-2H3. The van der Waals surface area contributed by atoms with Crippen molar-refractivity contribution >= 4 is 15.9 Å². The number of benzene rings is 1. The predicted octanol–water partition coefficient (Wildman–Crippen LogP) is 0.0466. The van der Waals surface area contributed by atoms with Gasteiger partial charge in [0.15, 0.2) is 0 Å². The molecule has 0 spiro atoms. The van der Waals surface area contributed by atoms with Crippen molar-refractivity contribution in [2.24, 2.45) is 5.73 Å². The Morgan fingerprint density at radius 3 is 2.63 bits per heavy atom. The summed E-state index contributed by atoms with van der Waals surface area (Å²) in [7, 11) is -0.690. The Kier molecular flexibility index (Phi) is 6.03. The Labute approximate surface area is 113 Å². The van der Waals surface area contributed by atoms with Crippen LogP contribution in [0.4, 0.5) is 5.69 Å². The normalized spacial score (nSPS) is 11.3. The number of methoxy groups -OCH3 is 2. The van der Waals surface area contributed by atoms with Crippen molar-refractivity contribution in [1.29, 1.82) is 0 Å². The van der Waals surface area contributed by atoms with Crippen LogP contribution in [0.25, 0.3) is 0 Å². The fraction of sp³-hybridized carbons (Fsp3) is 0.455. The van der Waals surface area contributed by atoms with Crippen molar-refractivity contribution in [1.82, 2.24) is 4.72 Å². The highest BCUT2D eigenvalue weighted by molar-refractivity contribution is 7.90. The number of hydrogen-bond donors (Lipinski definition) is 3. The number of rotatable bonds is 8. The summed E-state index contributed by atoms with van der Waals surface area (Å²) in [4.78, 5) is 0. The van der Waals surface area contributed by atoms with E-state index in [-0.39, 0.29) is 6.54 Å². The molecule has 19 heavy (non-hydrogen) atoms. The van der Waals surface area contributed by atoms with Crippen LogP contribution in [0.3, 0.4) is 0 Å². The van der Waals surface area contributed by atoms with Crippen LogP contribution in [-0.4, -0.2) is 35.8 Å². The van der Waals surface area contributed by atoms with E-state index in [1.807, 2.05) is 0 Å². The summed E-state index contributed by atoms with van der Waals surface area (Å²) < 4.78 is 38.1. The van der Waals surface area contributed by atoms with Crippen LogP contribution >= 0.6 is 0 Å². The maximum atomic E-state index is 11.7. The average molecular weight is 289 g/mol. The van der Waals surface area contributed by atoms with Crippen molar-refractivity contribution in [2.45, 2.75) is 6.54 Å². The van der Waals surface area contributed by atoms with Crippen LogP contribution in [-0.2, 0) is 21.5 Å². The molecule has 1 aromatic carbocycles. The average Bonchev–Trinajstić information content (AvgIpc) is 2.39. The zero-order valence-electron chi connectivity index (χ0n) is 11.0. The molecule has 0 fully saturated rings. The third kappa shape index (κ3) is 5.03. The fourth-order valence-electron chi connectivity index (χ4n) is 1.41. The molecule has 0 saturated heterocycles. The highest BCUT2D eigenvalue weighted by atomic mass is 32.2. The van der Waals surface area contributed by atoms with Crippen LogP contribution in [0.2, 0.25) is 0 Å². The van der Waals surface area contributed by atoms with Gasteiger partial charge in [0.2, 0.25) is 0 Å². The summed E-state index contributed by atoms with van der Waals surface area (Å²) in [5.41, 5.74) is 6.72. The van der Waals surface area contributed by atoms with Gasteiger partial charge >= 0.3 is 0 Å². The second-order valence-corrected chi connectivity index (χ2v) is 5.23. The smallest absolute Gasteiger partial charge is 0.299 e. The minimum Gasteiger partial charge on any atom is -0.495 e. The SMILES string of the molecule is COCCNS(=O)(=O)Nc1ccc(CN)cc1OC. The summed E-state index contributed by atoms with van der Waals surface area (Å²) in [6, 6.07) is 5.03. The van der Waals surface area contributed by atoms with E-state index in [1.54, 1.807) is 18.2 Å². The minimum absolute atomic E-state index is 0.190. The van der Waals surface area contributed by atoms with Crippen LogP contribution < -0.4 is 19.9 Å². The first-order valence-electron chi connectivity index (χ1n) is 5.65. The maximum Gasteiger partial charge on any atom is 0.299 e. The molecule has 0 bridgehead atoms. The van der Waals surface area contributed by atoms with Gasteiger partial charge in [-0.15, -0.1) is 0 Å². The quantitative estimate of drug-likeness (QED) is 0.587. The molecule has 108 valence electrons. The lowest BCUT2D eigenvalue weighted by atomic mass is 10.2. The van der Waals surface area contributed by atoms with E-state index in [2.05, 4.69) is 9.44 Å². The lowest BCUT2D eigenvalue weighted by Crippen LogP contribution is -2.32. The Bertz CT molecular complexity index is 505. The number of hydrogen-bond acceptors (Lipinski definition) is 5. The van der Waals surface area contributed by atoms with Gasteiger partial charge in [-0.3, -0.25) is 4.72 Å². The molecule has 8 heteroatoms. The molecule has 0 aliphatic carbocycles. The fourth-order valence-corrected chi connectivity index (χ4v) is 2.29. The molecule has 7 nitrogen and oxygen atoms in total. The third-order valence-corrected chi connectivity index (χ3v) is 3.42. The molecule has 1 rings (SSSR count). The molecular formula is C11H19N3O4S. The van der Waals surface area contributed by atoms with Gasteiger partial charge in [0.25, 0.3) is 10.2 Å². The van der Waals surface area contributed by atoms with Crippen LogP contribution in [0, 0.1) is 0 Å². The first-order chi connectivity index (χ1) is 9.02. The molecule has 0 saturated carbocycles. The molecule has 1 aromatic rings. The summed E-state index contributed by atoms with van der Waals surface area (Å²) in [5, 5.41) is 0. The van der Waals surface area contributed by atoms with Crippen molar-refractivity contribution in [3.05, 3.63) is 23.8 Å². The molecule has 0 heterocycles. The number of ether oxygens (including phenoxy) is 2. The molecular weight excluding hydrogens is 270 g/mol. The molecule has 0 aliphatic heterocycles. The number of nitrogens with one attached hydrogen (secondary N) is 2. The van der Waals surface area contributed by atoms with Gasteiger partial charge in [-0.1, -0.05) is 6.07 Å². The van der Waals surface area contributed by atoms with Gasteiger partial charge in [-0.25, -0.2) is 0 Å². The van der Waals surface area contributed by atoms with E-state index in [0.717, 1.165) is 5.56 Å². The molecule has 0 aliphatic rings. The predicted molar refractivity (Wildman–Crippen MR) is 73.3 cm³/mol. The summed E-state index contributed by atoms with van der Waals surface area (Å²) in [5.74, 6) is 0.417. The largest absolute Gasteiger partial charge is 0.495 e. The van der Waals surface area contributed by atoms with Gasteiger partial charge in [0, 0.05) is 20.2 Å². The van der Waals surface area contributed by atoms with Gasteiger partial charge in [-0.05, 0) is 17.7 Å². The second-order valence-electron chi connectivity index (χ2n) is 3.73. The lowest BCUT2D eigenvalue weighted by molar-refractivity contribution is 0.204. The summed E-state index contributed by atoms with van der Waals surface area (Å²) in [6.07, 6.45) is 0. The lowest BCUT2D eigenvalue weighted by Gasteiger charge is -2.13. The zero-order chi connectivity index (χ0) is 14.3. The van der Waals surface area contributed by atoms with Crippen molar-refractivity contribution in [3.63, 3.8) is 0 Å². The van der Waals surface area contributed by atoms with Gasteiger partial charge in [0.1, 0.15) is 5.75 Å². The monoisotopic (exact) mass is 289 g/mol. The highest BCUT2D eigenvalue weighted by Gasteiger charge is 2.12. The van der Waals surface area contributed by atoms with E-state index < -0.39 is 10.2 Å². The summed E-state index contributed by atoms with van der Waals surface area (Å²) >= 11 is 0. The Morgan fingerprint density at radius 1 is 1.32 bits per heavy atom. The molecule has 0 aromatic heterocycles. The Hall–Kier alpha value is -1.35. The first-order valence-corrected chi connectivity index (χ1v) is 7.14. The molecule has 0 atom stereocenters. The molecule has 0 amide bonds. The number of anilines is 1. The third-order valence-electron chi connectivity index (χ3n) is 2.34. The van der Waals surface area contributed by atoms with E-state index in [1.165, 1.54) is 14.2 Å². The van der Waals surface area contributed by atoms with E-state index in [9.17, 15) is 8.42 Å². The van der Waals surface area contributed by atoms with E-state index in [4.69, 9.17) is 15.2 Å². The van der Waals surface area contributed by atoms with Crippen molar-refractivity contribution in [2.75, 3.05) is 32.1 Å². The van der Waals surface area contributed by atoms with Crippen molar-refractivity contribution < 1.29 is 17.9 Å². The van der Waals surface area contributed by atoms with Crippen LogP contribution in [0.5, 0.6) is 5.75 Å². The minimum atomic E-state index is -3.65. The van der Waals surface area contributed by atoms with Gasteiger partial charge < -0.3 is 15.2 Å². The maximum absolute atomic E-state index is 11.7. The number of nitrogens with two attached hydrogens (primary N) is 1. The van der Waals surface area contributed by atoms with Gasteiger partial charge in [0.05, 0.1) is 19.4 Å². The Morgan fingerprint density at radius 2 is 2.05 bits per heavy atom. The highest BCUT2D eigenvalue weighted by Crippen LogP contribution is 2.26.